The Hall–Kier alpha value is -2.36. The average Bonchev–Trinajstić information content (AvgIpc) is 2.77. The fourth-order valence-electron chi connectivity index (χ4n) is 1.54. The van der Waals surface area contributed by atoms with Crippen LogP contribution in [-0.2, 0) is 11.3 Å². The van der Waals surface area contributed by atoms with Crippen molar-refractivity contribution < 1.29 is 18.7 Å². The molecule has 0 radical (unpaired) electrons. The van der Waals surface area contributed by atoms with Gasteiger partial charge in [-0.05, 0) is 30.7 Å². The van der Waals surface area contributed by atoms with Crippen molar-refractivity contribution in [2.45, 2.75) is 13.5 Å². The molecule has 2 rings (SSSR count). The van der Waals surface area contributed by atoms with Crippen molar-refractivity contribution in [3.05, 3.63) is 59.0 Å². The number of aryl methyl sites for hydroxylation is 1. The average molecular weight is 244 g/mol. The van der Waals surface area contributed by atoms with E-state index >= 15 is 0 Å². The quantitative estimate of drug-likeness (QED) is 0.613. The number of hydrogen-bond acceptors (Lipinski definition) is 4. The van der Waals surface area contributed by atoms with Crippen LogP contribution in [0.5, 0.6) is 0 Å². The van der Waals surface area contributed by atoms with Gasteiger partial charge in [0.2, 0.25) is 0 Å². The first-order valence-electron chi connectivity index (χ1n) is 5.47. The highest BCUT2D eigenvalue weighted by Gasteiger charge is 2.11. The molecule has 92 valence electrons. The Bertz CT molecular complexity index is 554. The van der Waals surface area contributed by atoms with Crippen LogP contribution in [0, 0.1) is 6.92 Å². The number of furan rings is 1. The SMILES string of the molecule is Cc1cc(C=O)oc1COC(=O)c1ccccc1. The number of rotatable bonds is 4. The van der Waals surface area contributed by atoms with E-state index in [4.69, 9.17) is 9.15 Å². The molecule has 1 aromatic carbocycles. The van der Waals surface area contributed by atoms with Crippen molar-refractivity contribution >= 4 is 12.3 Å². The molecular formula is C14H12O4. The van der Waals surface area contributed by atoms with Gasteiger partial charge in [0.05, 0.1) is 5.56 Å². The molecule has 0 amide bonds. The normalized spacial score (nSPS) is 10.1. The van der Waals surface area contributed by atoms with Gasteiger partial charge in [-0.3, -0.25) is 4.79 Å². The third kappa shape index (κ3) is 2.66. The lowest BCUT2D eigenvalue weighted by Gasteiger charge is -2.03. The number of hydrogen-bond donors (Lipinski definition) is 0. The summed E-state index contributed by atoms with van der Waals surface area (Å²) >= 11 is 0. The van der Waals surface area contributed by atoms with Crippen molar-refractivity contribution in [1.82, 2.24) is 0 Å². The van der Waals surface area contributed by atoms with Crippen LogP contribution in [0.1, 0.15) is 32.2 Å². The summed E-state index contributed by atoms with van der Waals surface area (Å²) in [7, 11) is 0. The summed E-state index contributed by atoms with van der Waals surface area (Å²) in [5, 5.41) is 0. The summed E-state index contributed by atoms with van der Waals surface area (Å²) < 4.78 is 10.3. The first kappa shape index (κ1) is 12.1. The molecule has 4 nitrogen and oxygen atoms in total. The summed E-state index contributed by atoms with van der Waals surface area (Å²) in [6.45, 7) is 1.82. The van der Waals surface area contributed by atoms with Crippen molar-refractivity contribution in [3.63, 3.8) is 0 Å². The molecule has 0 atom stereocenters. The van der Waals surface area contributed by atoms with Crippen LogP contribution < -0.4 is 0 Å². The van der Waals surface area contributed by atoms with Gasteiger partial charge in [-0.1, -0.05) is 18.2 Å². The monoisotopic (exact) mass is 244 g/mol. The minimum Gasteiger partial charge on any atom is -0.454 e. The van der Waals surface area contributed by atoms with E-state index < -0.39 is 5.97 Å². The van der Waals surface area contributed by atoms with Gasteiger partial charge in [-0.25, -0.2) is 4.79 Å². The fourth-order valence-corrected chi connectivity index (χ4v) is 1.54. The molecular weight excluding hydrogens is 232 g/mol. The first-order chi connectivity index (χ1) is 8.70. The maximum absolute atomic E-state index is 11.7. The van der Waals surface area contributed by atoms with E-state index in [-0.39, 0.29) is 12.4 Å². The maximum Gasteiger partial charge on any atom is 0.338 e. The second-order valence-corrected chi connectivity index (χ2v) is 3.81. The zero-order valence-corrected chi connectivity index (χ0v) is 9.88. The molecule has 4 heteroatoms. The van der Waals surface area contributed by atoms with E-state index in [0.717, 1.165) is 5.56 Å². The smallest absolute Gasteiger partial charge is 0.338 e. The number of aldehydes is 1. The zero-order valence-electron chi connectivity index (χ0n) is 9.88. The second-order valence-electron chi connectivity index (χ2n) is 3.81. The maximum atomic E-state index is 11.7. The zero-order chi connectivity index (χ0) is 13.0. The Kier molecular flexibility index (Phi) is 3.57. The molecule has 0 aliphatic carbocycles. The van der Waals surface area contributed by atoms with Crippen LogP contribution in [0.3, 0.4) is 0 Å². The van der Waals surface area contributed by atoms with Crippen molar-refractivity contribution in [3.8, 4) is 0 Å². The summed E-state index contributed by atoms with van der Waals surface area (Å²) in [4.78, 5) is 22.2. The van der Waals surface area contributed by atoms with Crippen LogP contribution in [0.25, 0.3) is 0 Å². The number of esters is 1. The van der Waals surface area contributed by atoms with Gasteiger partial charge in [0.1, 0.15) is 12.4 Å². The van der Waals surface area contributed by atoms with Gasteiger partial charge in [-0.15, -0.1) is 0 Å². The fraction of sp³-hybridized carbons (Fsp3) is 0.143. The highest BCUT2D eigenvalue weighted by atomic mass is 16.5. The van der Waals surface area contributed by atoms with E-state index in [1.54, 1.807) is 37.3 Å². The lowest BCUT2D eigenvalue weighted by molar-refractivity contribution is 0.0444. The molecule has 0 N–H and O–H groups in total. The molecule has 1 heterocycles. The molecule has 0 bridgehead atoms. The molecule has 0 aliphatic rings. The predicted octanol–water partition coefficient (Wildman–Crippen LogP) is 2.76. The van der Waals surface area contributed by atoms with Crippen molar-refractivity contribution in [1.29, 1.82) is 0 Å². The van der Waals surface area contributed by atoms with E-state index in [0.29, 0.717) is 17.6 Å². The van der Waals surface area contributed by atoms with Gasteiger partial charge in [-0.2, -0.15) is 0 Å². The lowest BCUT2D eigenvalue weighted by atomic mass is 10.2. The van der Waals surface area contributed by atoms with Crippen LogP contribution in [0.4, 0.5) is 0 Å². The molecule has 0 fully saturated rings. The van der Waals surface area contributed by atoms with Gasteiger partial charge in [0, 0.05) is 0 Å². The molecule has 0 aliphatic heterocycles. The summed E-state index contributed by atoms with van der Waals surface area (Å²) in [5.74, 6) is 0.304. The molecule has 0 saturated carbocycles. The first-order valence-corrected chi connectivity index (χ1v) is 5.47. The minimum atomic E-state index is -0.418. The summed E-state index contributed by atoms with van der Waals surface area (Å²) in [6, 6.07) is 10.3. The number of carbonyl (C=O) groups is 2. The number of ether oxygens (including phenoxy) is 1. The second kappa shape index (κ2) is 5.31. The topological polar surface area (TPSA) is 56.5 Å². The van der Waals surface area contributed by atoms with E-state index in [9.17, 15) is 9.59 Å². The molecule has 18 heavy (non-hydrogen) atoms. The van der Waals surface area contributed by atoms with Gasteiger partial charge < -0.3 is 9.15 Å². The Morgan fingerprint density at radius 3 is 2.67 bits per heavy atom. The highest BCUT2D eigenvalue weighted by Crippen LogP contribution is 2.15. The standard InChI is InChI=1S/C14H12O4/c1-10-7-12(8-15)18-13(10)9-17-14(16)11-5-3-2-4-6-11/h2-8H,9H2,1H3. The van der Waals surface area contributed by atoms with Crippen LogP contribution in [0.2, 0.25) is 0 Å². The Balaban J connectivity index is 2.01. The molecule has 0 saturated heterocycles. The molecule has 1 aromatic heterocycles. The largest absolute Gasteiger partial charge is 0.454 e. The van der Waals surface area contributed by atoms with Crippen molar-refractivity contribution in [2.75, 3.05) is 0 Å². The molecule has 0 unspecified atom stereocenters. The number of benzene rings is 1. The highest BCUT2D eigenvalue weighted by molar-refractivity contribution is 5.89. The van der Waals surface area contributed by atoms with E-state index in [2.05, 4.69) is 0 Å². The van der Waals surface area contributed by atoms with Gasteiger partial charge in [0.25, 0.3) is 0 Å². The Morgan fingerprint density at radius 2 is 2.06 bits per heavy atom. The molecule has 0 spiro atoms. The summed E-state index contributed by atoms with van der Waals surface area (Å²) in [6.07, 6.45) is 0.621. The Morgan fingerprint density at radius 1 is 1.33 bits per heavy atom. The predicted molar refractivity (Wildman–Crippen MR) is 64.4 cm³/mol. The van der Waals surface area contributed by atoms with Crippen LogP contribution in [0.15, 0.2) is 40.8 Å². The molecule has 2 aromatic rings. The minimum absolute atomic E-state index is 0.0212. The van der Waals surface area contributed by atoms with Crippen LogP contribution in [-0.4, -0.2) is 12.3 Å². The lowest BCUT2D eigenvalue weighted by Crippen LogP contribution is -2.04. The van der Waals surface area contributed by atoms with Crippen LogP contribution >= 0.6 is 0 Å². The third-order valence-electron chi connectivity index (χ3n) is 2.50. The number of carbonyl (C=O) groups excluding carboxylic acids is 2. The van der Waals surface area contributed by atoms with E-state index in [1.165, 1.54) is 0 Å². The Labute approximate surface area is 104 Å². The van der Waals surface area contributed by atoms with Crippen molar-refractivity contribution in [2.24, 2.45) is 0 Å². The summed E-state index contributed by atoms with van der Waals surface area (Å²) in [5.41, 5.74) is 1.27. The third-order valence-corrected chi connectivity index (χ3v) is 2.50. The van der Waals surface area contributed by atoms with Gasteiger partial charge >= 0.3 is 5.97 Å². The van der Waals surface area contributed by atoms with E-state index in [1.807, 2.05) is 6.07 Å². The van der Waals surface area contributed by atoms with Gasteiger partial charge in [0.15, 0.2) is 12.0 Å².